The predicted octanol–water partition coefficient (Wildman–Crippen LogP) is 8.96. The normalized spacial score (nSPS) is 18.2. The van der Waals surface area contributed by atoms with Gasteiger partial charge in [0.15, 0.2) is 0 Å². The highest BCUT2D eigenvalue weighted by molar-refractivity contribution is 5.91. The Kier molecular flexibility index (Phi) is 11.0. The number of rotatable bonds is 13. The summed E-state index contributed by atoms with van der Waals surface area (Å²) < 4.78 is 5.53. The van der Waals surface area contributed by atoms with E-state index in [0.717, 1.165) is 31.1 Å². The molecule has 0 atom stereocenters. The van der Waals surface area contributed by atoms with Gasteiger partial charge in [-0.1, -0.05) is 109 Å². The van der Waals surface area contributed by atoms with E-state index in [1.807, 2.05) is 36.4 Å². The van der Waals surface area contributed by atoms with Crippen molar-refractivity contribution in [3.63, 3.8) is 0 Å². The van der Waals surface area contributed by atoms with Crippen molar-refractivity contribution >= 4 is 5.97 Å². The minimum absolute atomic E-state index is 0.282. The van der Waals surface area contributed by atoms with Crippen molar-refractivity contribution in [2.24, 2.45) is 11.8 Å². The number of aryl methyl sites for hydroxylation is 2. The molecule has 0 bridgehead atoms. The van der Waals surface area contributed by atoms with Gasteiger partial charge in [0, 0.05) is 0 Å². The molecular formula is C31H44O2. The molecule has 0 aliphatic heterocycles. The Labute approximate surface area is 202 Å². The highest BCUT2D eigenvalue weighted by Crippen LogP contribution is 2.34. The van der Waals surface area contributed by atoms with Gasteiger partial charge in [-0.05, 0) is 66.5 Å². The van der Waals surface area contributed by atoms with E-state index >= 15 is 0 Å². The second-order valence-corrected chi connectivity index (χ2v) is 10.1. The van der Waals surface area contributed by atoms with Crippen LogP contribution in [0.25, 0.3) is 0 Å². The van der Waals surface area contributed by atoms with Crippen LogP contribution in [0.5, 0.6) is 5.75 Å². The van der Waals surface area contributed by atoms with Gasteiger partial charge in [-0.15, -0.1) is 0 Å². The van der Waals surface area contributed by atoms with Crippen molar-refractivity contribution in [1.29, 1.82) is 0 Å². The molecule has 180 valence electrons. The third-order valence-corrected chi connectivity index (χ3v) is 7.37. The maximum atomic E-state index is 12.4. The van der Waals surface area contributed by atoms with E-state index in [-0.39, 0.29) is 5.97 Å². The first kappa shape index (κ1) is 25.5. The second kappa shape index (κ2) is 14.2. The average molecular weight is 449 g/mol. The summed E-state index contributed by atoms with van der Waals surface area (Å²) in [5.41, 5.74) is 3.21. The summed E-state index contributed by atoms with van der Waals surface area (Å²) >= 11 is 0. The monoisotopic (exact) mass is 448 g/mol. The number of benzene rings is 2. The van der Waals surface area contributed by atoms with Crippen molar-refractivity contribution in [3.8, 4) is 5.75 Å². The number of hydrogen-bond acceptors (Lipinski definition) is 2. The Balaban J connectivity index is 1.32. The van der Waals surface area contributed by atoms with E-state index in [9.17, 15) is 4.79 Å². The first-order chi connectivity index (χ1) is 16.2. The van der Waals surface area contributed by atoms with Gasteiger partial charge in [-0.2, -0.15) is 0 Å². The van der Waals surface area contributed by atoms with Crippen molar-refractivity contribution in [1.82, 2.24) is 0 Å². The minimum atomic E-state index is -0.282. The van der Waals surface area contributed by atoms with Crippen molar-refractivity contribution in [2.75, 3.05) is 0 Å². The van der Waals surface area contributed by atoms with Crippen LogP contribution in [0.3, 0.4) is 0 Å². The third-order valence-electron chi connectivity index (χ3n) is 7.37. The molecule has 0 aromatic heterocycles. The quantitative estimate of drug-likeness (QED) is 0.174. The Morgan fingerprint density at radius 1 is 0.697 bits per heavy atom. The molecule has 0 amide bonds. The van der Waals surface area contributed by atoms with Crippen LogP contribution < -0.4 is 4.74 Å². The second-order valence-electron chi connectivity index (χ2n) is 10.1. The molecule has 2 nitrogen and oxygen atoms in total. The highest BCUT2D eigenvalue weighted by Gasteiger charge is 2.20. The topological polar surface area (TPSA) is 26.3 Å². The fourth-order valence-corrected chi connectivity index (χ4v) is 5.24. The molecular weight excluding hydrogens is 404 g/mol. The summed E-state index contributed by atoms with van der Waals surface area (Å²) in [6.45, 7) is 4.46. The Morgan fingerprint density at radius 2 is 1.24 bits per heavy atom. The van der Waals surface area contributed by atoms with Crippen LogP contribution in [0.1, 0.15) is 112 Å². The Bertz CT molecular complexity index is 798. The standard InChI is InChI=1S/C31H44O2/c1-3-5-6-10-26-13-15-27(16-14-26)11-7-8-12-28-17-21-29(22-18-28)31(32)33-30-23-19-25(9-4-2)20-24-30/h17-24,26-27H,3-16H2,1-2H3. The van der Waals surface area contributed by atoms with E-state index < -0.39 is 0 Å². The molecule has 0 unspecified atom stereocenters. The van der Waals surface area contributed by atoms with Crippen LogP contribution in [-0.2, 0) is 12.8 Å². The fraction of sp³-hybridized carbons (Fsp3) is 0.581. The van der Waals surface area contributed by atoms with Crippen molar-refractivity contribution in [3.05, 3.63) is 65.2 Å². The maximum Gasteiger partial charge on any atom is 0.343 e. The number of ether oxygens (including phenoxy) is 1. The zero-order valence-electron chi connectivity index (χ0n) is 21.0. The number of esters is 1. The smallest absolute Gasteiger partial charge is 0.343 e. The van der Waals surface area contributed by atoms with Crippen LogP contribution >= 0.6 is 0 Å². The lowest BCUT2D eigenvalue weighted by Crippen LogP contribution is -2.14. The first-order valence-corrected chi connectivity index (χ1v) is 13.6. The molecule has 0 heterocycles. The summed E-state index contributed by atoms with van der Waals surface area (Å²) in [6.07, 6.45) is 18.7. The van der Waals surface area contributed by atoms with Gasteiger partial charge in [-0.3, -0.25) is 0 Å². The van der Waals surface area contributed by atoms with Gasteiger partial charge in [0.2, 0.25) is 0 Å². The summed E-state index contributed by atoms with van der Waals surface area (Å²) in [5, 5.41) is 0. The van der Waals surface area contributed by atoms with Gasteiger partial charge in [-0.25, -0.2) is 4.79 Å². The van der Waals surface area contributed by atoms with Crippen molar-refractivity contribution < 1.29 is 9.53 Å². The largest absolute Gasteiger partial charge is 0.423 e. The molecule has 1 aliphatic carbocycles. The molecule has 2 aromatic rings. The van der Waals surface area contributed by atoms with E-state index in [0.29, 0.717) is 11.3 Å². The van der Waals surface area contributed by atoms with Crippen LogP contribution in [0.4, 0.5) is 0 Å². The van der Waals surface area contributed by atoms with Gasteiger partial charge >= 0.3 is 5.97 Å². The lowest BCUT2D eigenvalue weighted by molar-refractivity contribution is 0.0734. The Morgan fingerprint density at radius 3 is 1.82 bits per heavy atom. The fourth-order valence-electron chi connectivity index (χ4n) is 5.24. The molecule has 0 spiro atoms. The summed E-state index contributed by atoms with van der Waals surface area (Å²) in [4.78, 5) is 12.4. The van der Waals surface area contributed by atoms with E-state index in [2.05, 4.69) is 26.0 Å². The van der Waals surface area contributed by atoms with E-state index in [4.69, 9.17) is 4.74 Å². The Hall–Kier alpha value is -2.09. The van der Waals surface area contributed by atoms with Crippen LogP contribution in [0.15, 0.2) is 48.5 Å². The average Bonchev–Trinajstić information content (AvgIpc) is 2.85. The summed E-state index contributed by atoms with van der Waals surface area (Å²) in [7, 11) is 0. The van der Waals surface area contributed by atoms with Crippen molar-refractivity contribution in [2.45, 2.75) is 104 Å². The highest BCUT2D eigenvalue weighted by atomic mass is 16.5. The van der Waals surface area contributed by atoms with Gasteiger partial charge < -0.3 is 4.74 Å². The molecule has 3 rings (SSSR count). The SMILES string of the molecule is CCCCCC1CCC(CCCCc2ccc(C(=O)Oc3ccc(CCC)cc3)cc2)CC1. The lowest BCUT2D eigenvalue weighted by Gasteiger charge is -2.28. The number of hydrogen-bond donors (Lipinski definition) is 0. The molecule has 2 aromatic carbocycles. The predicted molar refractivity (Wildman–Crippen MR) is 139 cm³/mol. The lowest BCUT2D eigenvalue weighted by atomic mass is 9.78. The van der Waals surface area contributed by atoms with Gasteiger partial charge in [0.25, 0.3) is 0 Å². The van der Waals surface area contributed by atoms with Crippen LogP contribution in [0, 0.1) is 11.8 Å². The number of unbranched alkanes of at least 4 members (excludes halogenated alkanes) is 3. The zero-order chi connectivity index (χ0) is 23.3. The summed E-state index contributed by atoms with van der Waals surface area (Å²) in [6, 6.07) is 15.8. The number of carbonyl (C=O) groups excluding carboxylic acids is 1. The molecule has 1 fully saturated rings. The van der Waals surface area contributed by atoms with E-state index in [1.54, 1.807) is 0 Å². The molecule has 33 heavy (non-hydrogen) atoms. The molecule has 2 heteroatoms. The van der Waals surface area contributed by atoms with E-state index in [1.165, 1.54) is 81.8 Å². The molecule has 0 N–H and O–H groups in total. The van der Waals surface area contributed by atoms with Crippen LogP contribution in [-0.4, -0.2) is 5.97 Å². The molecule has 1 aliphatic rings. The number of carbonyl (C=O) groups is 1. The molecule has 1 saturated carbocycles. The zero-order valence-corrected chi connectivity index (χ0v) is 21.0. The van der Waals surface area contributed by atoms with Crippen LogP contribution in [0.2, 0.25) is 0 Å². The maximum absolute atomic E-state index is 12.4. The molecule has 0 saturated heterocycles. The van der Waals surface area contributed by atoms with Gasteiger partial charge in [0.05, 0.1) is 5.56 Å². The molecule has 0 radical (unpaired) electrons. The summed E-state index contributed by atoms with van der Waals surface area (Å²) in [5.74, 6) is 2.30. The van der Waals surface area contributed by atoms with Gasteiger partial charge in [0.1, 0.15) is 5.75 Å². The first-order valence-electron chi connectivity index (χ1n) is 13.6. The third kappa shape index (κ3) is 8.99. The minimum Gasteiger partial charge on any atom is -0.423 e.